The quantitative estimate of drug-likeness (QED) is 0.229. The van der Waals surface area contributed by atoms with Gasteiger partial charge in [-0.3, -0.25) is 4.79 Å². The molecule has 196 valence electrons. The van der Waals surface area contributed by atoms with E-state index in [9.17, 15) is 27.9 Å². The molecule has 0 aliphatic heterocycles. The maximum atomic E-state index is 13.4. The van der Waals surface area contributed by atoms with E-state index in [0.29, 0.717) is 16.0 Å². The molecule has 38 heavy (non-hydrogen) atoms. The van der Waals surface area contributed by atoms with Crippen molar-refractivity contribution in [2.75, 3.05) is 6.61 Å². The molecule has 1 N–H and O–H groups in total. The second-order valence-corrected chi connectivity index (χ2v) is 9.92. The summed E-state index contributed by atoms with van der Waals surface area (Å²) in [4.78, 5) is 31.7. The van der Waals surface area contributed by atoms with E-state index in [-0.39, 0.29) is 23.2 Å². The largest absolute Gasteiger partial charge is 0.494 e. The molecule has 2 heterocycles. The first-order valence-corrected chi connectivity index (χ1v) is 12.9. The van der Waals surface area contributed by atoms with Gasteiger partial charge in [0.15, 0.2) is 0 Å². The normalized spacial score (nSPS) is 13.7. The number of aromatic hydroxyl groups is 1. The molecular weight excluding hydrogens is 517 g/mol. The van der Waals surface area contributed by atoms with Gasteiger partial charge in [0.1, 0.15) is 5.00 Å². The topological polar surface area (TPSA) is 80.9 Å². The van der Waals surface area contributed by atoms with Crippen LogP contribution in [-0.4, -0.2) is 28.5 Å². The van der Waals surface area contributed by atoms with Crippen LogP contribution in [0.4, 0.5) is 18.2 Å². The first kappa shape index (κ1) is 25.7. The number of hydrogen-bond donors (Lipinski definition) is 1. The van der Waals surface area contributed by atoms with Crippen molar-refractivity contribution in [1.82, 2.24) is 4.57 Å². The zero-order valence-electron chi connectivity index (χ0n) is 20.3. The smallest absolute Gasteiger partial charge is 0.416 e. The summed E-state index contributed by atoms with van der Waals surface area (Å²) in [6, 6.07) is 10.7. The van der Waals surface area contributed by atoms with Crippen molar-refractivity contribution in [1.29, 1.82) is 0 Å². The van der Waals surface area contributed by atoms with E-state index in [1.807, 2.05) is 0 Å². The zero-order valence-corrected chi connectivity index (χ0v) is 21.2. The van der Waals surface area contributed by atoms with E-state index in [1.54, 1.807) is 25.1 Å². The molecule has 10 heteroatoms. The number of halogens is 3. The number of carbonyl (C=O) groups is 1. The molecule has 1 aliphatic carbocycles. The highest BCUT2D eigenvalue weighted by molar-refractivity contribution is 7.16. The number of benzene rings is 2. The van der Waals surface area contributed by atoms with E-state index in [1.165, 1.54) is 35.8 Å². The fourth-order valence-corrected chi connectivity index (χ4v) is 5.95. The van der Waals surface area contributed by atoms with Gasteiger partial charge < -0.3 is 9.84 Å². The highest BCUT2D eigenvalue weighted by Gasteiger charge is 2.31. The molecule has 0 unspecified atom stereocenters. The van der Waals surface area contributed by atoms with Gasteiger partial charge >= 0.3 is 12.1 Å². The van der Waals surface area contributed by atoms with Crippen LogP contribution in [0.3, 0.4) is 0 Å². The average Bonchev–Trinajstić information content (AvgIpc) is 3.27. The summed E-state index contributed by atoms with van der Waals surface area (Å²) in [6.07, 6.45) is 0.249. The molecule has 0 fully saturated rings. The van der Waals surface area contributed by atoms with Crippen molar-refractivity contribution < 1.29 is 27.8 Å². The van der Waals surface area contributed by atoms with Gasteiger partial charge in [-0.1, -0.05) is 24.3 Å². The summed E-state index contributed by atoms with van der Waals surface area (Å²) in [5.41, 5.74) is -0.297. The van der Waals surface area contributed by atoms with E-state index in [4.69, 9.17) is 4.74 Å². The highest BCUT2D eigenvalue weighted by Crippen LogP contribution is 2.41. The van der Waals surface area contributed by atoms with Crippen LogP contribution in [0.1, 0.15) is 51.7 Å². The number of fused-ring (bicyclic) bond motifs is 2. The van der Waals surface area contributed by atoms with Crippen LogP contribution in [0.2, 0.25) is 0 Å². The Labute approximate surface area is 219 Å². The number of nitrogens with zero attached hydrogens (tertiary/aromatic N) is 2. The predicted octanol–water partition coefficient (Wildman–Crippen LogP) is 6.58. The molecule has 1 aliphatic rings. The number of ether oxygens (including phenoxy) is 1. The van der Waals surface area contributed by atoms with Crippen LogP contribution in [0.15, 0.2) is 58.3 Å². The number of aliphatic imine (C=N–C) groups is 1. The predicted molar refractivity (Wildman–Crippen MR) is 140 cm³/mol. The van der Waals surface area contributed by atoms with Crippen molar-refractivity contribution in [3.8, 4) is 11.6 Å². The molecule has 2 aromatic carbocycles. The van der Waals surface area contributed by atoms with E-state index in [0.717, 1.165) is 52.8 Å². The van der Waals surface area contributed by atoms with Crippen LogP contribution in [0.5, 0.6) is 5.88 Å². The molecule has 6 nitrogen and oxygen atoms in total. The standard InChI is InChI=1S/C28H23F3N2O4S/c1-2-37-27(36)23-20-12-5-6-13-22(20)38-24(23)32-15-21-18-10-3-4-11-19(18)25(34)33(26(21)35)17-9-7-8-16(14-17)28(29,30)31/h3-4,7-11,14-15,35H,2,5-6,12-13H2,1H3. The Morgan fingerprint density at radius 2 is 1.87 bits per heavy atom. The molecule has 0 radical (unpaired) electrons. The number of rotatable bonds is 5. The molecular formula is C28H23F3N2O4S. The van der Waals surface area contributed by atoms with Crippen LogP contribution in [0, 0.1) is 0 Å². The monoisotopic (exact) mass is 540 g/mol. The summed E-state index contributed by atoms with van der Waals surface area (Å²) in [7, 11) is 0. The van der Waals surface area contributed by atoms with Gasteiger partial charge in [-0.05, 0) is 62.4 Å². The number of hydrogen-bond acceptors (Lipinski definition) is 6. The van der Waals surface area contributed by atoms with Gasteiger partial charge in [-0.15, -0.1) is 11.3 Å². The number of pyridine rings is 1. The van der Waals surface area contributed by atoms with Crippen LogP contribution >= 0.6 is 11.3 Å². The number of aryl methyl sites for hydroxylation is 1. The van der Waals surface area contributed by atoms with Gasteiger partial charge in [0, 0.05) is 21.9 Å². The Balaban J connectivity index is 1.70. The molecule has 0 saturated carbocycles. The van der Waals surface area contributed by atoms with Crippen LogP contribution < -0.4 is 5.56 Å². The maximum Gasteiger partial charge on any atom is 0.416 e. The fourth-order valence-electron chi connectivity index (χ4n) is 4.73. The lowest BCUT2D eigenvalue weighted by Gasteiger charge is -2.15. The Morgan fingerprint density at radius 1 is 1.13 bits per heavy atom. The average molecular weight is 541 g/mol. The summed E-state index contributed by atoms with van der Waals surface area (Å²) >= 11 is 1.38. The molecule has 2 aromatic heterocycles. The third-order valence-corrected chi connectivity index (χ3v) is 7.68. The Bertz CT molecular complexity index is 1640. The van der Waals surface area contributed by atoms with Crippen molar-refractivity contribution >= 4 is 39.3 Å². The number of aromatic nitrogens is 1. The summed E-state index contributed by atoms with van der Waals surface area (Å²) < 4.78 is 46.2. The maximum absolute atomic E-state index is 13.4. The zero-order chi connectivity index (χ0) is 27.0. The molecule has 0 amide bonds. The van der Waals surface area contributed by atoms with Gasteiger partial charge in [0.05, 0.1) is 29.0 Å². The van der Waals surface area contributed by atoms with Gasteiger partial charge in [-0.2, -0.15) is 13.2 Å². The third kappa shape index (κ3) is 4.60. The minimum absolute atomic E-state index is 0.137. The number of alkyl halides is 3. The molecule has 0 atom stereocenters. The number of esters is 1. The molecule has 5 rings (SSSR count). The van der Waals surface area contributed by atoms with Gasteiger partial charge in [0.25, 0.3) is 5.56 Å². The van der Waals surface area contributed by atoms with Crippen molar-refractivity contribution in [2.24, 2.45) is 4.99 Å². The molecule has 4 aromatic rings. The first-order valence-electron chi connectivity index (χ1n) is 12.1. The lowest BCUT2D eigenvalue weighted by atomic mass is 9.95. The van der Waals surface area contributed by atoms with E-state index < -0.39 is 29.1 Å². The van der Waals surface area contributed by atoms with E-state index >= 15 is 0 Å². The minimum Gasteiger partial charge on any atom is -0.494 e. The second-order valence-electron chi connectivity index (χ2n) is 8.84. The van der Waals surface area contributed by atoms with Crippen LogP contribution in [0.25, 0.3) is 16.5 Å². The second kappa shape index (κ2) is 10.1. The number of thiophene rings is 1. The van der Waals surface area contributed by atoms with Gasteiger partial charge in [-0.25, -0.2) is 14.4 Å². The number of carbonyl (C=O) groups excluding carboxylic acids is 1. The Hall–Kier alpha value is -3.92. The Morgan fingerprint density at radius 3 is 2.61 bits per heavy atom. The summed E-state index contributed by atoms with van der Waals surface area (Å²) in [6.45, 7) is 1.93. The fraction of sp³-hybridized carbons (Fsp3) is 0.250. The molecule has 0 bridgehead atoms. The van der Waals surface area contributed by atoms with Gasteiger partial charge in [0.2, 0.25) is 5.88 Å². The molecule has 0 spiro atoms. The Kier molecular flexibility index (Phi) is 6.83. The molecule has 0 saturated heterocycles. The SMILES string of the molecule is CCOC(=O)c1c(N=Cc2c(O)n(-c3cccc(C(F)(F)F)c3)c(=O)c3ccccc23)sc2c1CCCC2. The summed E-state index contributed by atoms with van der Waals surface area (Å²) in [5, 5.41) is 12.2. The summed E-state index contributed by atoms with van der Waals surface area (Å²) in [5.74, 6) is -1.03. The van der Waals surface area contributed by atoms with Crippen molar-refractivity contribution in [3.05, 3.63) is 86.0 Å². The lowest BCUT2D eigenvalue weighted by molar-refractivity contribution is -0.137. The van der Waals surface area contributed by atoms with Crippen molar-refractivity contribution in [3.63, 3.8) is 0 Å². The van der Waals surface area contributed by atoms with Crippen molar-refractivity contribution in [2.45, 2.75) is 38.8 Å². The first-order chi connectivity index (χ1) is 18.2. The minimum atomic E-state index is -4.63. The highest BCUT2D eigenvalue weighted by atomic mass is 32.1. The van der Waals surface area contributed by atoms with Crippen LogP contribution in [-0.2, 0) is 23.8 Å². The van der Waals surface area contributed by atoms with E-state index in [2.05, 4.69) is 4.99 Å². The third-order valence-electron chi connectivity index (χ3n) is 6.48. The lowest BCUT2D eigenvalue weighted by Crippen LogP contribution is -2.20.